The molecule has 0 unspecified atom stereocenters. The standard InChI is InChI=1S/C15H14BrF2N3O5/c16-7-1-9-10(19-3-7)5-20(13(9)23)6-12(22)21-4-8(26-15(17)18)2-11(21)14(24)25/h1,3,8,11,15H,2,4-6H2,(H,24,25)/t8-,11+/m1/s1. The minimum Gasteiger partial charge on any atom is -0.480 e. The van der Waals surface area contributed by atoms with Gasteiger partial charge in [0.25, 0.3) is 5.91 Å². The minimum atomic E-state index is -3.05. The Kier molecular flexibility index (Phi) is 5.19. The molecule has 2 amide bonds. The number of aliphatic carboxylic acids is 1. The Morgan fingerprint density at radius 1 is 1.46 bits per heavy atom. The van der Waals surface area contributed by atoms with Crippen LogP contribution >= 0.6 is 15.9 Å². The predicted octanol–water partition coefficient (Wildman–Crippen LogP) is 1.09. The van der Waals surface area contributed by atoms with Gasteiger partial charge in [-0.2, -0.15) is 8.78 Å². The summed E-state index contributed by atoms with van der Waals surface area (Å²) in [4.78, 5) is 42.5. The number of hydrogen-bond acceptors (Lipinski definition) is 5. The summed E-state index contributed by atoms with van der Waals surface area (Å²) in [5, 5.41) is 9.24. The van der Waals surface area contributed by atoms with E-state index in [0.717, 1.165) is 4.90 Å². The molecule has 2 aliphatic rings. The number of amides is 2. The van der Waals surface area contributed by atoms with Crippen molar-refractivity contribution in [2.24, 2.45) is 0 Å². The van der Waals surface area contributed by atoms with Crippen LogP contribution < -0.4 is 0 Å². The van der Waals surface area contributed by atoms with E-state index in [2.05, 4.69) is 25.7 Å². The van der Waals surface area contributed by atoms with Crippen molar-refractivity contribution < 1.29 is 33.0 Å². The molecule has 2 aliphatic heterocycles. The molecule has 1 aromatic heterocycles. The third kappa shape index (κ3) is 3.68. The van der Waals surface area contributed by atoms with Gasteiger partial charge in [-0.1, -0.05) is 0 Å². The van der Waals surface area contributed by atoms with Gasteiger partial charge in [0, 0.05) is 23.6 Å². The van der Waals surface area contributed by atoms with Crippen molar-refractivity contribution in [2.75, 3.05) is 13.1 Å². The Labute approximate surface area is 154 Å². The lowest BCUT2D eigenvalue weighted by Crippen LogP contribution is -2.45. The van der Waals surface area contributed by atoms with E-state index in [-0.39, 0.29) is 26.1 Å². The molecule has 1 saturated heterocycles. The average molecular weight is 434 g/mol. The third-order valence-corrected chi connectivity index (χ3v) is 4.72. The number of alkyl halides is 2. The second kappa shape index (κ2) is 7.23. The first-order valence-electron chi connectivity index (χ1n) is 7.66. The summed E-state index contributed by atoms with van der Waals surface area (Å²) in [5.74, 6) is -2.34. The fourth-order valence-corrected chi connectivity index (χ4v) is 3.47. The van der Waals surface area contributed by atoms with E-state index in [1.807, 2.05) is 0 Å². The second-order valence-electron chi connectivity index (χ2n) is 5.96. The molecule has 11 heteroatoms. The summed E-state index contributed by atoms with van der Waals surface area (Å²) in [6.45, 7) is -3.56. The fourth-order valence-electron chi connectivity index (χ4n) is 3.13. The van der Waals surface area contributed by atoms with Crippen LogP contribution in [0.5, 0.6) is 0 Å². The van der Waals surface area contributed by atoms with Crippen molar-refractivity contribution in [3.8, 4) is 0 Å². The Hall–Kier alpha value is -2.14. The molecular weight excluding hydrogens is 420 g/mol. The lowest BCUT2D eigenvalue weighted by atomic mass is 10.2. The van der Waals surface area contributed by atoms with Crippen LogP contribution in [0, 0.1) is 0 Å². The summed E-state index contributed by atoms with van der Waals surface area (Å²) in [7, 11) is 0. The Morgan fingerprint density at radius 2 is 2.19 bits per heavy atom. The molecule has 1 fully saturated rings. The molecule has 0 spiro atoms. The molecule has 0 aromatic carbocycles. The topological polar surface area (TPSA) is 100 Å². The maximum atomic E-state index is 12.5. The fraction of sp³-hybridized carbons (Fsp3) is 0.467. The number of likely N-dealkylation sites (tertiary alicyclic amines) is 1. The first-order valence-corrected chi connectivity index (χ1v) is 8.45. The number of carboxylic acid groups (broad SMARTS) is 1. The van der Waals surface area contributed by atoms with Gasteiger partial charge in [-0.15, -0.1) is 0 Å². The quantitative estimate of drug-likeness (QED) is 0.745. The first-order chi connectivity index (χ1) is 12.3. The molecule has 2 atom stereocenters. The number of carbonyl (C=O) groups is 3. The summed E-state index contributed by atoms with van der Waals surface area (Å²) in [6, 6.07) is 0.330. The summed E-state index contributed by atoms with van der Waals surface area (Å²) >= 11 is 3.22. The number of carboxylic acids is 1. The van der Waals surface area contributed by atoms with Crippen molar-refractivity contribution in [3.63, 3.8) is 0 Å². The average Bonchev–Trinajstić information content (AvgIpc) is 3.10. The van der Waals surface area contributed by atoms with E-state index < -0.39 is 36.5 Å². The molecule has 1 aromatic rings. The summed E-state index contributed by atoms with van der Waals surface area (Å²) in [6.07, 6.45) is 0.239. The maximum absolute atomic E-state index is 12.5. The lowest BCUT2D eigenvalue weighted by molar-refractivity contribution is -0.160. The number of carbonyl (C=O) groups excluding carboxylic acids is 2. The molecule has 0 bridgehead atoms. The smallest absolute Gasteiger partial charge is 0.345 e. The Morgan fingerprint density at radius 3 is 2.85 bits per heavy atom. The van der Waals surface area contributed by atoms with Crippen LogP contribution in [0.2, 0.25) is 0 Å². The van der Waals surface area contributed by atoms with Gasteiger partial charge in [0.05, 0.1) is 23.9 Å². The number of fused-ring (bicyclic) bond motifs is 1. The van der Waals surface area contributed by atoms with E-state index in [1.165, 1.54) is 11.1 Å². The molecule has 0 saturated carbocycles. The van der Waals surface area contributed by atoms with Crippen LogP contribution in [0.15, 0.2) is 16.7 Å². The second-order valence-corrected chi connectivity index (χ2v) is 6.88. The van der Waals surface area contributed by atoms with E-state index in [1.54, 1.807) is 6.07 Å². The van der Waals surface area contributed by atoms with Crippen LogP contribution in [-0.4, -0.2) is 69.5 Å². The van der Waals surface area contributed by atoms with Crippen molar-refractivity contribution in [2.45, 2.75) is 31.7 Å². The molecule has 0 aliphatic carbocycles. The maximum Gasteiger partial charge on any atom is 0.345 e. The molecule has 26 heavy (non-hydrogen) atoms. The van der Waals surface area contributed by atoms with Gasteiger partial charge in [-0.3, -0.25) is 14.6 Å². The van der Waals surface area contributed by atoms with Gasteiger partial charge >= 0.3 is 12.6 Å². The molecule has 140 valence electrons. The largest absolute Gasteiger partial charge is 0.480 e. The van der Waals surface area contributed by atoms with E-state index in [9.17, 15) is 28.3 Å². The van der Waals surface area contributed by atoms with Crippen molar-refractivity contribution in [1.82, 2.24) is 14.8 Å². The van der Waals surface area contributed by atoms with Crippen LogP contribution in [-0.2, 0) is 20.9 Å². The zero-order chi connectivity index (χ0) is 19.0. The number of nitrogens with zero attached hydrogens (tertiary/aromatic N) is 3. The monoisotopic (exact) mass is 433 g/mol. The third-order valence-electron chi connectivity index (χ3n) is 4.28. The highest BCUT2D eigenvalue weighted by Crippen LogP contribution is 2.26. The SMILES string of the molecule is O=C(O)[C@@H]1C[C@@H](OC(F)F)CN1C(=O)CN1Cc2ncc(Br)cc2C1=O. The highest BCUT2D eigenvalue weighted by molar-refractivity contribution is 9.10. The molecule has 8 nitrogen and oxygen atoms in total. The number of aromatic nitrogens is 1. The van der Waals surface area contributed by atoms with Crippen LogP contribution in [0.4, 0.5) is 8.78 Å². The van der Waals surface area contributed by atoms with Crippen molar-refractivity contribution in [1.29, 1.82) is 0 Å². The molecule has 3 rings (SSSR count). The van der Waals surface area contributed by atoms with Crippen molar-refractivity contribution >= 4 is 33.7 Å². The van der Waals surface area contributed by atoms with E-state index >= 15 is 0 Å². The first kappa shape index (κ1) is 18.6. The number of hydrogen-bond donors (Lipinski definition) is 1. The van der Waals surface area contributed by atoms with Crippen molar-refractivity contribution in [3.05, 3.63) is 28.0 Å². The highest BCUT2D eigenvalue weighted by atomic mass is 79.9. The molecule has 0 radical (unpaired) electrons. The number of ether oxygens (including phenoxy) is 1. The lowest BCUT2D eigenvalue weighted by Gasteiger charge is -2.24. The Bertz CT molecular complexity index is 763. The zero-order valence-electron chi connectivity index (χ0n) is 13.3. The van der Waals surface area contributed by atoms with Gasteiger partial charge < -0.3 is 19.6 Å². The van der Waals surface area contributed by atoms with Gasteiger partial charge in [0.2, 0.25) is 5.91 Å². The zero-order valence-corrected chi connectivity index (χ0v) is 14.9. The number of halogens is 3. The van der Waals surface area contributed by atoms with Gasteiger partial charge in [0.1, 0.15) is 12.6 Å². The van der Waals surface area contributed by atoms with Crippen LogP contribution in [0.1, 0.15) is 22.5 Å². The van der Waals surface area contributed by atoms with Crippen LogP contribution in [0.25, 0.3) is 0 Å². The predicted molar refractivity (Wildman–Crippen MR) is 85.3 cm³/mol. The molecular formula is C15H14BrF2N3O5. The normalized spacial score (nSPS) is 22.2. The van der Waals surface area contributed by atoms with Gasteiger partial charge in [0.15, 0.2) is 0 Å². The van der Waals surface area contributed by atoms with E-state index in [0.29, 0.717) is 15.7 Å². The van der Waals surface area contributed by atoms with Gasteiger partial charge in [-0.05, 0) is 22.0 Å². The molecule has 3 heterocycles. The summed E-state index contributed by atoms with van der Waals surface area (Å²) in [5.41, 5.74) is 0.878. The van der Waals surface area contributed by atoms with Gasteiger partial charge in [-0.25, -0.2) is 4.79 Å². The summed E-state index contributed by atoms with van der Waals surface area (Å²) < 4.78 is 29.7. The minimum absolute atomic E-state index is 0.121. The number of rotatable bonds is 5. The Balaban J connectivity index is 1.69. The van der Waals surface area contributed by atoms with E-state index in [4.69, 9.17) is 0 Å². The van der Waals surface area contributed by atoms with Crippen LogP contribution in [0.3, 0.4) is 0 Å². The number of pyridine rings is 1. The highest BCUT2D eigenvalue weighted by Gasteiger charge is 2.42. The molecule has 1 N–H and O–H groups in total.